The number of hydrazine groups is 1. The molecule has 2 aliphatic heterocycles. The van der Waals surface area contributed by atoms with Gasteiger partial charge in [0.2, 0.25) is 82.7 Å². The summed E-state index contributed by atoms with van der Waals surface area (Å²) in [6.07, 6.45) is -0.0847. The van der Waals surface area contributed by atoms with Crippen molar-refractivity contribution in [2.24, 2.45) is 29.0 Å². The van der Waals surface area contributed by atoms with Gasteiger partial charge in [-0.3, -0.25) is 82.9 Å². The zero-order chi connectivity index (χ0) is 78.6. The number of aromatic nitrogens is 1. The third-order valence-electron chi connectivity index (χ3n) is 17.9. The maximum Gasteiger partial charge on any atom is 0.245 e. The molecule has 0 radical (unpaired) electrons. The molecule has 0 saturated carbocycles. The van der Waals surface area contributed by atoms with E-state index in [0.717, 1.165) is 10.8 Å². The molecule has 108 heavy (non-hydrogen) atoms. The second-order valence-electron chi connectivity index (χ2n) is 26.8. The summed E-state index contributed by atoms with van der Waals surface area (Å²) >= 11 is 6.25. The average Bonchev–Trinajstić information content (AvgIpc) is 1.50. The first kappa shape index (κ1) is 83.6. The highest BCUT2D eigenvalue weighted by atomic mass is 35.5. The van der Waals surface area contributed by atoms with E-state index >= 15 is 14.4 Å². The number of nitrogens with two attached hydrogens (primary N) is 4. The number of hydrogen-bond acceptors (Lipinski definition) is 18. The largest absolute Gasteiger partial charge is 0.370 e. The number of nitrogens with zero attached hydrogens (tertiary/aromatic N) is 2. The van der Waals surface area contributed by atoms with E-state index < -0.39 is 168 Å². The first-order valence-corrected chi connectivity index (χ1v) is 35.7. The lowest BCUT2D eigenvalue weighted by Crippen LogP contribution is -2.62. The van der Waals surface area contributed by atoms with Crippen LogP contribution in [0.2, 0.25) is 5.02 Å². The minimum atomic E-state index is -2.05. The molecule has 22 N–H and O–H groups in total. The Labute approximate surface area is 628 Å². The number of primary amides is 1. The highest BCUT2D eigenvalue weighted by molar-refractivity contribution is 6.30. The van der Waals surface area contributed by atoms with Crippen LogP contribution in [0.25, 0.3) is 10.8 Å². The molecule has 4 aromatic carbocycles. The SMILES string of the molecule is CC(=O)N[C@H](Cc1ccc2ccccc2c1)C(=O)N[C@H](Cc1ccc(Cl)cc1)C(=O)N[C@H](Cc1cccnc1)C(=O)N[C@@H](CC(=O)NN)C(=O)N[C@H]1CC(=O)N[C@@H](Cc2ccccc2)C(=O)NCC[C@@H](C(=O)N2CCC[C@H]2C(=O)NC(CN)C(N)=O)NC(=O)[C@H](CC(C)C)NC(=O)[C@@H](CCCNC(=N)N)NC1=O. The summed E-state index contributed by atoms with van der Waals surface area (Å²) in [7, 11) is 0. The number of pyridine rings is 1. The van der Waals surface area contributed by atoms with Crippen molar-refractivity contribution in [3.05, 3.63) is 149 Å². The van der Waals surface area contributed by atoms with Crippen LogP contribution in [-0.4, -0.2) is 191 Å². The first-order valence-electron chi connectivity index (χ1n) is 35.4. The van der Waals surface area contributed by atoms with Crippen LogP contribution in [-0.2, 0) is 92.8 Å². The quantitative estimate of drug-likeness (QED) is 0.00546. The molecule has 0 aliphatic carbocycles. The highest BCUT2D eigenvalue weighted by Gasteiger charge is 2.41. The number of rotatable bonds is 30. The van der Waals surface area contributed by atoms with Gasteiger partial charge >= 0.3 is 0 Å². The third-order valence-corrected chi connectivity index (χ3v) is 18.2. The lowest BCUT2D eigenvalue weighted by molar-refractivity contribution is -0.142. The number of nitrogens with one attached hydrogen (secondary N) is 14. The van der Waals surface area contributed by atoms with Gasteiger partial charge in [-0.15, -0.1) is 0 Å². The fourth-order valence-electron chi connectivity index (χ4n) is 12.4. The first-order chi connectivity index (χ1) is 51.6. The summed E-state index contributed by atoms with van der Waals surface area (Å²) in [5.41, 5.74) is 20.7. The van der Waals surface area contributed by atoms with Crippen LogP contribution >= 0.6 is 11.6 Å². The average molecular weight is 1510 g/mol. The molecule has 2 saturated heterocycles. The van der Waals surface area contributed by atoms with Crippen molar-refractivity contribution in [1.29, 1.82) is 5.41 Å². The topological polar surface area (TPSA) is 539 Å². The number of amides is 14. The van der Waals surface area contributed by atoms with E-state index in [2.05, 4.69) is 68.8 Å². The summed E-state index contributed by atoms with van der Waals surface area (Å²) in [6.45, 7) is 3.99. The maximum atomic E-state index is 15.1. The minimum absolute atomic E-state index is 0.00360. The third kappa shape index (κ3) is 26.1. The molecule has 2 aliphatic rings. The summed E-state index contributed by atoms with van der Waals surface area (Å²) in [6, 6.07) is 14.0. The fourth-order valence-corrected chi connectivity index (χ4v) is 12.5. The molecule has 35 heteroatoms. The van der Waals surface area contributed by atoms with Crippen molar-refractivity contribution in [1.82, 2.24) is 79.1 Å². The van der Waals surface area contributed by atoms with E-state index in [0.29, 0.717) is 33.7 Å². The van der Waals surface area contributed by atoms with E-state index in [1.807, 2.05) is 41.8 Å². The molecule has 3 heterocycles. The van der Waals surface area contributed by atoms with Crippen molar-refractivity contribution < 1.29 is 67.1 Å². The molecule has 578 valence electrons. The van der Waals surface area contributed by atoms with E-state index in [4.69, 9.17) is 40.1 Å². The van der Waals surface area contributed by atoms with Gasteiger partial charge in [0.1, 0.15) is 66.5 Å². The normalized spacial score (nSPS) is 19.4. The lowest BCUT2D eigenvalue weighted by atomic mass is 9.99. The zero-order valence-corrected chi connectivity index (χ0v) is 60.8. The van der Waals surface area contributed by atoms with Gasteiger partial charge in [-0.2, -0.15) is 0 Å². The number of benzene rings is 4. The fraction of sp³-hybridized carbons (Fsp3) is 0.425. The van der Waals surface area contributed by atoms with E-state index in [9.17, 15) is 52.7 Å². The van der Waals surface area contributed by atoms with Crippen LogP contribution in [0.1, 0.15) is 94.4 Å². The lowest BCUT2D eigenvalue weighted by Gasteiger charge is -2.31. The molecular formula is C73H95ClN20O14. The van der Waals surface area contributed by atoms with Crippen LogP contribution < -0.4 is 92.3 Å². The van der Waals surface area contributed by atoms with E-state index in [1.165, 1.54) is 24.2 Å². The molecule has 1 aromatic heterocycles. The summed E-state index contributed by atoms with van der Waals surface area (Å²) in [5.74, 6) is -8.40. The molecule has 11 atom stereocenters. The molecule has 0 bridgehead atoms. The molecule has 14 amide bonds. The van der Waals surface area contributed by atoms with Gasteiger partial charge in [0, 0.05) is 76.2 Å². The number of guanidine groups is 1. The Hall–Kier alpha value is -11.6. The Kier molecular flexibility index (Phi) is 32.0. The smallest absolute Gasteiger partial charge is 0.245 e. The second-order valence-corrected chi connectivity index (χ2v) is 27.3. The van der Waals surface area contributed by atoms with Gasteiger partial charge in [0.05, 0.1) is 12.8 Å². The number of carbonyl (C=O) groups is 14. The summed E-state index contributed by atoms with van der Waals surface area (Å²) in [5, 5.41) is 41.3. The molecule has 7 rings (SSSR count). The Morgan fingerprint density at radius 3 is 1.88 bits per heavy atom. The number of halogens is 1. The van der Waals surface area contributed by atoms with Crippen molar-refractivity contribution in [3.8, 4) is 0 Å². The van der Waals surface area contributed by atoms with Crippen LogP contribution in [0, 0.1) is 11.3 Å². The molecule has 34 nitrogen and oxygen atoms in total. The van der Waals surface area contributed by atoms with Crippen LogP contribution in [0.15, 0.2) is 122 Å². The molecular weight excluding hydrogens is 1420 g/mol. The predicted octanol–water partition coefficient (Wildman–Crippen LogP) is -2.94. The van der Waals surface area contributed by atoms with Crippen molar-refractivity contribution in [2.75, 3.05) is 26.2 Å². The van der Waals surface area contributed by atoms with Crippen molar-refractivity contribution in [2.45, 2.75) is 164 Å². The van der Waals surface area contributed by atoms with Gasteiger partial charge in [-0.1, -0.05) is 116 Å². The molecule has 1 unspecified atom stereocenters. The minimum Gasteiger partial charge on any atom is -0.370 e. The van der Waals surface area contributed by atoms with Crippen LogP contribution in [0.4, 0.5) is 0 Å². The summed E-state index contributed by atoms with van der Waals surface area (Å²) < 4.78 is 0. The number of carbonyl (C=O) groups excluding carboxylic acids is 14. The maximum absolute atomic E-state index is 15.1. The second kappa shape index (κ2) is 41.3. The highest BCUT2D eigenvalue weighted by Crippen LogP contribution is 2.22. The monoisotopic (exact) mass is 1510 g/mol. The van der Waals surface area contributed by atoms with Gasteiger partial charge in [0.15, 0.2) is 5.96 Å². The number of hydrogen-bond donors (Lipinski definition) is 18. The van der Waals surface area contributed by atoms with Crippen LogP contribution in [0.3, 0.4) is 0 Å². The van der Waals surface area contributed by atoms with Gasteiger partial charge in [-0.25, -0.2) is 5.84 Å². The van der Waals surface area contributed by atoms with Crippen LogP contribution in [0.5, 0.6) is 0 Å². The number of likely N-dealkylation sites (tertiary alicyclic amines) is 1. The zero-order valence-electron chi connectivity index (χ0n) is 60.1. The molecule has 0 spiro atoms. The molecule has 5 aromatic rings. The molecule has 2 fully saturated rings. The summed E-state index contributed by atoms with van der Waals surface area (Å²) in [4.78, 5) is 206. The Bertz CT molecular complexity index is 4050. The standard InChI is InChI=1S/C73H95ClN20O14/c1-40(2)30-51-65(101)86-50(72(108)94-29-11-18-59(94)71(107)92-58(38-75)62(76)98)25-28-81-63(99)52(32-42-12-5-4-6-13-42)84-60(96)36-56(69(105)85-49(64(100)87-51)17-10-27-82-73(77)78)90-70(106)57(37-61(97)93-79)91-68(104)55(35-45-14-9-26-80-39-45)89-67(103)54(33-43-20-23-48(74)24-21-43)88-66(102)53(83-41(3)95)34-44-19-22-46-15-7-8-16-47(46)31-44/h4-9,12-16,19-24,26,31,39-40,49-59H,10-11,17-18,25,27-30,32-38,75,79H2,1-3H3,(H2,76,98)(H,81,99)(H,83,95)(H,84,96)(H,85,105)(H,86,101)(H,87,100)(H,88,102)(H,89,103)(H,90,106)(H,91,104)(H,92,107)(H,93,97)(H4,77,78,82)/t49-,50+,51+,52+,53-,54-,55-,56+,57+,58?,59+/m1/s1. The van der Waals surface area contributed by atoms with Gasteiger partial charge in [-0.05, 0) is 95.7 Å². The Morgan fingerprint density at radius 1 is 0.639 bits per heavy atom. The van der Waals surface area contributed by atoms with Gasteiger partial charge < -0.3 is 85.9 Å². The predicted molar refractivity (Wildman–Crippen MR) is 397 cm³/mol. The van der Waals surface area contributed by atoms with E-state index in [-0.39, 0.29) is 89.9 Å². The van der Waals surface area contributed by atoms with E-state index in [1.54, 1.807) is 86.6 Å². The van der Waals surface area contributed by atoms with Crippen molar-refractivity contribution in [3.63, 3.8) is 0 Å². The number of fused-ring (bicyclic) bond motifs is 1. The Balaban J connectivity index is 1.22. The Morgan fingerprint density at radius 2 is 1.25 bits per heavy atom. The van der Waals surface area contributed by atoms with Crippen molar-refractivity contribution >= 4 is 111 Å². The van der Waals surface area contributed by atoms with Gasteiger partial charge in [0.25, 0.3) is 0 Å².